The third-order valence-electron chi connectivity index (χ3n) is 3.96. The lowest BCUT2D eigenvalue weighted by atomic mass is 10.2. The van der Waals surface area contributed by atoms with Gasteiger partial charge in [-0.05, 0) is 44.2 Å². The Labute approximate surface area is 155 Å². The second kappa shape index (κ2) is 7.54. The fourth-order valence-corrected chi connectivity index (χ4v) is 2.82. The SMILES string of the molecule is Cc1nn(-c2ccccc2)c(C)c1/C=C/C(=O)Nc1cccc(Cl)c1F. The Morgan fingerprint density at radius 2 is 1.88 bits per heavy atom. The molecule has 1 N–H and O–H groups in total. The second-order valence-corrected chi connectivity index (χ2v) is 6.16. The fourth-order valence-electron chi connectivity index (χ4n) is 2.65. The van der Waals surface area contributed by atoms with E-state index in [0.29, 0.717) is 0 Å². The standard InChI is InChI=1S/C20H17ClFN3O/c1-13-16(14(2)25(24-13)15-7-4-3-5-8-15)11-12-19(26)23-18-10-6-9-17(21)20(18)22/h3-12H,1-2H3,(H,23,26)/b12-11+. The van der Waals surface area contributed by atoms with Crippen molar-refractivity contribution in [3.8, 4) is 5.69 Å². The van der Waals surface area contributed by atoms with Crippen molar-refractivity contribution in [2.75, 3.05) is 5.32 Å². The van der Waals surface area contributed by atoms with Crippen molar-refractivity contribution >= 4 is 29.3 Å². The molecule has 0 aliphatic rings. The van der Waals surface area contributed by atoms with Crippen LogP contribution in [0.2, 0.25) is 5.02 Å². The fraction of sp³-hybridized carbons (Fsp3) is 0.100. The van der Waals surface area contributed by atoms with E-state index in [2.05, 4.69) is 10.4 Å². The molecule has 0 unspecified atom stereocenters. The van der Waals surface area contributed by atoms with Gasteiger partial charge in [-0.1, -0.05) is 35.9 Å². The Hall–Kier alpha value is -2.92. The van der Waals surface area contributed by atoms with E-state index in [4.69, 9.17) is 11.6 Å². The number of rotatable bonds is 4. The van der Waals surface area contributed by atoms with E-state index in [1.54, 1.807) is 12.1 Å². The van der Waals surface area contributed by atoms with Gasteiger partial charge in [-0.15, -0.1) is 0 Å². The average molecular weight is 370 g/mol. The van der Waals surface area contributed by atoms with Crippen molar-refractivity contribution in [2.24, 2.45) is 0 Å². The van der Waals surface area contributed by atoms with Crippen LogP contribution in [0.3, 0.4) is 0 Å². The Bertz CT molecular complexity index is 980. The van der Waals surface area contributed by atoms with E-state index >= 15 is 0 Å². The summed E-state index contributed by atoms with van der Waals surface area (Å²) in [6.07, 6.45) is 3.03. The molecule has 0 aliphatic carbocycles. The number of hydrogen-bond donors (Lipinski definition) is 1. The molecule has 26 heavy (non-hydrogen) atoms. The lowest BCUT2D eigenvalue weighted by Crippen LogP contribution is -2.09. The van der Waals surface area contributed by atoms with Gasteiger partial charge in [0.15, 0.2) is 5.82 Å². The summed E-state index contributed by atoms with van der Waals surface area (Å²) in [6.45, 7) is 3.81. The molecule has 1 amide bonds. The van der Waals surface area contributed by atoms with Crippen LogP contribution in [0.25, 0.3) is 11.8 Å². The summed E-state index contributed by atoms with van der Waals surface area (Å²) in [5.74, 6) is -1.10. The molecule has 6 heteroatoms. The molecule has 4 nitrogen and oxygen atoms in total. The molecule has 0 saturated carbocycles. The predicted molar refractivity (Wildman–Crippen MR) is 102 cm³/mol. The smallest absolute Gasteiger partial charge is 0.248 e. The Morgan fingerprint density at radius 3 is 2.62 bits per heavy atom. The van der Waals surface area contributed by atoms with Crippen molar-refractivity contribution in [2.45, 2.75) is 13.8 Å². The number of hydrogen-bond acceptors (Lipinski definition) is 2. The number of halogens is 2. The van der Waals surface area contributed by atoms with Crippen molar-refractivity contribution < 1.29 is 9.18 Å². The third kappa shape index (κ3) is 3.68. The van der Waals surface area contributed by atoms with Gasteiger partial charge in [0.2, 0.25) is 5.91 Å². The van der Waals surface area contributed by atoms with Crippen LogP contribution in [-0.2, 0) is 4.79 Å². The summed E-state index contributed by atoms with van der Waals surface area (Å²) >= 11 is 5.72. The van der Waals surface area contributed by atoms with Gasteiger partial charge in [-0.25, -0.2) is 9.07 Å². The first-order chi connectivity index (χ1) is 12.5. The second-order valence-electron chi connectivity index (χ2n) is 5.76. The van der Waals surface area contributed by atoms with Gasteiger partial charge in [0, 0.05) is 17.3 Å². The lowest BCUT2D eigenvalue weighted by molar-refractivity contribution is -0.111. The van der Waals surface area contributed by atoms with Crippen LogP contribution in [0.1, 0.15) is 17.0 Å². The largest absolute Gasteiger partial charge is 0.320 e. The molecule has 1 aromatic heterocycles. The number of carbonyl (C=O) groups excluding carboxylic acids is 1. The normalized spacial score (nSPS) is 11.1. The first-order valence-electron chi connectivity index (χ1n) is 8.02. The minimum Gasteiger partial charge on any atom is -0.320 e. The highest BCUT2D eigenvalue weighted by Crippen LogP contribution is 2.22. The van der Waals surface area contributed by atoms with E-state index in [1.807, 2.05) is 48.9 Å². The monoisotopic (exact) mass is 369 g/mol. The summed E-state index contributed by atoms with van der Waals surface area (Å²) in [4.78, 5) is 12.1. The number of benzene rings is 2. The lowest BCUT2D eigenvalue weighted by Gasteiger charge is -2.05. The molecule has 132 valence electrons. The highest BCUT2D eigenvalue weighted by Gasteiger charge is 2.12. The van der Waals surface area contributed by atoms with Gasteiger partial charge in [-0.2, -0.15) is 5.10 Å². The molecular weight excluding hydrogens is 353 g/mol. The summed E-state index contributed by atoms with van der Waals surface area (Å²) in [5.41, 5.74) is 3.53. The van der Waals surface area contributed by atoms with Gasteiger partial charge < -0.3 is 5.32 Å². The van der Waals surface area contributed by atoms with Crippen molar-refractivity contribution in [1.82, 2.24) is 9.78 Å². The van der Waals surface area contributed by atoms with E-state index in [0.717, 1.165) is 22.6 Å². The highest BCUT2D eigenvalue weighted by molar-refractivity contribution is 6.31. The highest BCUT2D eigenvalue weighted by atomic mass is 35.5. The topological polar surface area (TPSA) is 46.9 Å². The number of carbonyl (C=O) groups is 1. The number of para-hydroxylation sites is 1. The molecule has 1 heterocycles. The van der Waals surface area contributed by atoms with E-state index in [9.17, 15) is 9.18 Å². The molecule has 0 aliphatic heterocycles. The van der Waals surface area contributed by atoms with Crippen molar-refractivity contribution in [3.05, 3.63) is 82.4 Å². The van der Waals surface area contributed by atoms with Gasteiger partial charge >= 0.3 is 0 Å². The summed E-state index contributed by atoms with van der Waals surface area (Å²) < 4.78 is 15.7. The number of nitrogens with zero attached hydrogens (tertiary/aromatic N) is 2. The zero-order chi connectivity index (χ0) is 18.7. The van der Waals surface area contributed by atoms with Crippen molar-refractivity contribution in [3.63, 3.8) is 0 Å². The van der Waals surface area contributed by atoms with Gasteiger partial charge in [0.1, 0.15) is 0 Å². The maximum atomic E-state index is 13.9. The van der Waals surface area contributed by atoms with Crippen LogP contribution in [0.15, 0.2) is 54.6 Å². The van der Waals surface area contributed by atoms with Crippen LogP contribution in [0.4, 0.5) is 10.1 Å². The van der Waals surface area contributed by atoms with Gasteiger partial charge in [0.05, 0.1) is 22.1 Å². The molecule has 0 atom stereocenters. The zero-order valence-corrected chi connectivity index (χ0v) is 15.1. The number of aryl methyl sites for hydroxylation is 1. The van der Waals surface area contributed by atoms with Crippen LogP contribution < -0.4 is 5.32 Å². The average Bonchev–Trinajstić information content (AvgIpc) is 2.92. The minimum atomic E-state index is -0.653. The molecule has 3 rings (SSSR count). The van der Waals surface area contributed by atoms with Crippen LogP contribution in [0, 0.1) is 19.7 Å². The van der Waals surface area contributed by atoms with Crippen LogP contribution >= 0.6 is 11.6 Å². The van der Waals surface area contributed by atoms with Crippen molar-refractivity contribution in [1.29, 1.82) is 0 Å². The number of aromatic nitrogens is 2. The first-order valence-corrected chi connectivity index (χ1v) is 8.40. The van der Waals surface area contributed by atoms with Crippen LogP contribution in [0.5, 0.6) is 0 Å². The molecule has 0 saturated heterocycles. The van der Waals surface area contributed by atoms with E-state index in [-0.39, 0.29) is 10.7 Å². The minimum absolute atomic E-state index is 0.0393. The molecule has 0 spiro atoms. The molecular formula is C20H17ClFN3O. The Balaban J connectivity index is 1.81. The predicted octanol–water partition coefficient (Wildman–Crippen LogP) is 4.93. The summed E-state index contributed by atoms with van der Waals surface area (Å²) in [5, 5.41) is 6.97. The van der Waals surface area contributed by atoms with Crippen LogP contribution in [-0.4, -0.2) is 15.7 Å². The van der Waals surface area contributed by atoms with E-state index in [1.165, 1.54) is 18.2 Å². The summed E-state index contributed by atoms with van der Waals surface area (Å²) in [7, 11) is 0. The maximum Gasteiger partial charge on any atom is 0.248 e. The molecule has 0 bridgehead atoms. The van der Waals surface area contributed by atoms with E-state index < -0.39 is 11.7 Å². The third-order valence-corrected chi connectivity index (χ3v) is 4.25. The maximum absolute atomic E-state index is 13.9. The number of nitrogens with one attached hydrogen (secondary N) is 1. The molecule has 2 aromatic carbocycles. The summed E-state index contributed by atoms with van der Waals surface area (Å²) in [6, 6.07) is 14.2. The number of anilines is 1. The quantitative estimate of drug-likeness (QED) is 0.662. The van der Waals surface area contributed by atoms with Gasteiger partial charge in [-0.3, -0.25) is 4.79 Å². The Morgan fingerprint density at radius 1 is 1.15 bits per heavy atom. The van der Waals surface area contributed by atoms with Gasteiger partial charge in [0.25, 0.3) is 0 Å². The number of amides is 1. The Kier molecular flexibility index (Phi) is 5.19. The molecule has 0 radical (unpaired) electrons. The molecule has 0 fully saturated rings. The molecule has 3 aromatic rings. The first kappa shape index (κ1) is 17.9. The zero-order valence-electron chi connectivity index (χ0n) is 14.3.